The van der Waals surface area contributed by atoms with Gasteiger partial charge in [-0.05, 0) is 12.8 Å². The molecule has 0 spiro atoms. The minimum Gasteiger partial charge on any atom is -0.369 e. The zero-order chi connectivity index (χ0) is 13.0. The number of rotatable bonds is 3. The molecule has 2 rings (SSSR count). The smallest absolute Gasteiger partial charge is 0.131 e. The van der Waals surface area contributed by atoms with E-state index >= 15 is 0 Å². The number of aromatic amines is 1. The second-order valence-electron chi connectivity index (χ2n) is 5.51. The van der Waals surface area contributed by atoms with Gasteiger partial charge in [0.25, 0.3) is 0 Å². The standard InChI is InChI=1S/C14H23N3S/c1-10(2)14-16-12(9-13(18)17-14)15-11-7-5-3-4-6-8-11/h9-11H,3-8H2,1-2H3,(H2,15,16,17,18). The third-order valence-electron chi connectivity index (χ3n) is 3.52. The molecule has 1 aromatic heterocycles. The normalized spacial score (nSPS) is 17.7. The van der Waals surface area contributed by atoms with Crippen LogP contribution in [0.3, 0.4) is 0 Å². The Kier molecular flexibility index (Phi) is 4.75. The van der Waals surface area contributed by atoms with E-state index in [1.54, 1.807) is 0 Å². The Labute approximate surface area is 114 Å². The van der Waals surface area contributed by atoms with E-state index in [-0.39, 0.29) is 0 Å². The van der Waals surface area contributed by atoms with Crippen LogP contribution >= 0.6 is 12.2 Å². The summed E-state index contributed by atoms with van der Waals surface area (Å²) in [5.74, 6) is 2.38. The van der Waals surface area contributed by atoms with Crippen LogP contribution in [0, 0.1) is 4.64 Å². The summed E-state index contributed by atoms with van der Waals surface area (Å²) in [7, 11) is 0. The van der Waals surface area contributed by atoms with Gasteiger partial charge < -0.3 is 10.3 Å². The van der Waals surface area contributed by atoms with Gasteiger partial charge in [0.2, 0.25) is 0 Å². The largest absolute Gasteiger partial charge is 0.369 e. The number of hydrogen-bond acceptors (Lipinski definition) is 3. The molecule has 0 aromatic carbocycles. The highest BCUT2D eigenvalue weighted by atomic mass is 32.1. The van der Waals surface area contributed by atoms with Crippen LogP contribution in [0.4, 0.5) is 5.82 Å². The van der Waals surface area contributed by atoms with E-state index in [0.29, 0.717) is 16.6 Å². The Morgan fingerprint density at radius 1 is 1.28 bits per heavy atom. The highest BCUT2D eigenvalue weighted by Gasteiger charge is 2.12. The van der Waals surface area contributed by atoms with Gasteiger partial charge in [-0.3, -0.25) is 0 Å². The zero-order valence-electron chi connectivity index (χ0n) is 11.3. The highest BCUT2D eigenvalue weighted by Crippen LogP contribution is 2.21. The lowest BCUT2D eigenvalue weighted by Crippen LogP contribution is -2.19. The minimum absolute atomic E-state index is 0.377. The topological polar surface area (TPSA) is 40.7 Å². The van der Waals surface area contributed by atoms with Gasteiger partial charge in [-0.15, -0.1) is 0 Å². The van der Waals surface area contributed by atoms with Crippen LogP contribution in [-0.4, -0.2) is 16.0 Å². The molecule has 100 valence electrons. The Hall–Kier alpha value is -0.900. The molecule has 1 aliphatic carbocycles. The molecule has 0 bridgehead atoms. The van der Waals surface area contributed by atoms with Crippen molar-refractivity contribution in [2.45, 2.75) is 64.3 Å². The zero-order valence-corrected chi connectivity index (χ0v) is 12.1. The van der Waals surface area contributed by atoms with Crippen molar-refractivity contribution in [3.63, 3.8) is 0 Å². The lowest BCUT2D eigenvalue weighted by Gasteiger charge is -2.18. The molecule has 0 saturated heterocycles. The van der Waals surface area contributed by atoms with Gasteiger partial charge in [-0.2, -0.15) is 0 Å². The van der Waals surface area contributed by atoms with Crippen LogP contribution < -0.4 is 5.32 Å². The molecule has 1 aliphatic rings. The predicted molar refractivity (Wildman–Crippen MR) is 78.6 cm³/mol. The van der Waals surface area contributed by atoms with E-state index in [1.165, 1.54) is 38.5 Å². The fourth-order valence-electron chi connectivity index (χ4n) is 2.47. The monoisotopic (exact) mass is 265 g/mol. The van der Waals surface area contributed by atoms with Gasteiger partial charge in [0.05, 0.1) is 0 Å². The van der Waals surface area contributed by atoms with Crippen LogP contribution in [0.1, 0.15) is 64.1 Å². The summed E-state index contributed by atoms with van der Waals surface area (Å²) in [5, 5.41) is 3.59. The molecule has 0 radical (unpaired) electrons. The first-order valence-electron chi connectivity index (χ1n) is 7.03. The van der Waals surface area contributed by atoms with Crippen molar-refractivity contribution in [2.24, 2.45) is 0 Å². The molecule has 1 fully saturated rings. The summed E-state index contributed by atoms with van der Waals surface area (Å²) in [4.78, 5) is 7.73. The first kappa shape index (κ1) is 13.5. The summed E-state index contributed by atoms with van der Waals surface area (Å²) >= 11 is 5.23. The third-order valence-corrected chi connectivity index (χ3v) is 3.73. The van der Waals surface area contributed by atoms with Crippen molar-refractivity contribution in [3.05, 3.63) is 16.5 Å². The molecule has 1 saturated carbocycles. The molecule has 3 nitrogen and oxygen atoms in total. The molecular formula is C14H23N3S. The van der Waals surface area contributed by atoms with Crippen LogP contribution in [0.25, 0.3) is 0 Å². The molecule has 0 amide bonds. The number of nitrogens with one attached hydrogen (secondary N) is 2. The van der Waals surface area contributed by atoms with Gasteiger partial charge in [-0.1, -0.05) is 51.7 Å². The summed E-state index contributed by atoms with van der Waals surface area (Å²) in [6, 6.07) is 2.52. The maximum Gasteiger partial charge on any atom is 0.131 e. The van der Waals surface area contributed by atoms with Crippen LogP contribution in [0.5, 0.6) is 0 Å². The molecular weight excluding hydrogens is 242 g/mol. The first-order valence-corrected chi connectivity index (χ1v) is 7.44. The lowest BCUT2D eigenvalue weighted by atomic mass is 10.1. The van der Waals surface area contributed by atoms with Crippen molar-refractivity contribution in [1.29, 1.82) is 0 Å². The van der Waals surface area contributed by atoms with E-state index in [2.05, 4.69) is 29.1 Å². The van der Waals surface area contributed by atoms with Gasteiger partial charge >= 0.3 is 0 Å². The van der Waals surface area contributed by atoms with Gasteiger partial charge in [0.15, 0.2) is 0 Å². The molecule has 1 aromatic rings. The minimum atomic E-state index is 0.377. The van der Waals surface area contributed by atoms with Crippen LogP contribution in [0.2, 0.25) is 0 Å². The van der Waals surface area contributed by atoms with Gasteiger partial charge in [0, 0.05) is 18.0 Å². The number of nitrogens with zero attached hydrogens (tertiary/aromatic N) is 1. The third kappa shape index (κ3) is 3.80. The predicted octanol–water partition coefficient (Wildman–Crippen LogP) is 4.40. The molecule has 18 heavy (non-hydrogen) atoms. The summed E-state index contributed by atoms with van der Waals surface area (Å²) in [5.41, 5.74) is 0. The molecule has 4 heteroatoms. The van der Waals surface area contributed by atoms with Crippen molar-refractivity contribution in [2.75, 3.05) is 5.32 Å². The Morgan fingerprint density at radius 2 is 1.94 bits per heavy atom. The first-order chi connectivity index (χ1) is 8.65. The Bertz CT molecular complexity index is 431. The van der Waals surface area contributed by atoms with Gasteiger partial charge in [-0.25, -0.2) is 4.98 Å². The maximum absolute atomic E-state index is 5.23. The number of aromatic nitrogens is 2. The van der Waals surface area contributed by atoms with Crippen molar-refractivity contribution in [3.8, 4) is 0 Å². The molecule has 0 aliphatic heterocycles. The Morgan fingerprint density at radius 3 is 2.56 bits per heavy atom. The average Bonchev–Trinajstić information content (AvgIpc) is 2.57. The molecule has 2 N–H and O–H groups in total. The van der Waals surface area contributed by atoms with E-state index in [4.69, 9.17) is 12.2 Å². The van der Waals surface area contributed by atoms with Crippen molar-refractivity contribution in [1.82, 2.24) is 9.97 Å². The number of hydrogen-bond donors (Lipinski definition) is 2. The maximum atomic E-state index is 5.23. The van der Waals surface area contributed by atoms with E-state index in [1.807, 2.05) is 6.07 Å². The lowest BCUT2D eigenvalue weighted by molar-refractivity contribution is 0.616. The van der Waals surface area contributed by atoms with Crippen molar-refractivity contribution < 1.29 is 0 Å². The summed E-state index contributed by atoms with van der Waals surface area (Å²) in [6.07, 6.45) is 7.95. The van der Waals surface area contributed by atoms with E-state index < -0.39 is 0 Å². The van der Waals surface area contributed by atoms with Crippen LogP contribution in [-0.2, 0) is 0 Å². The van der Waals surface area contributed by atoms with Gasteiger partial charge in [0.1, 0.15) is 16.3 Å². The van der Waals surface area contributed by atoms with Crippen molar-refractivity contribution >= 4 is 18.0 Å². The second kappa shape index (κ2) is 6.32. The Balaban J connectivity index is 2.10. The molecule has 0 atom stereocenters. The summed E-state index contributed by atoms with van der Waals surface area (Å²) in [6.45, 7) is 4.26. The molecule has 1 heterocycles. The second-order valence-corrected chi connectivity index (χ2v) is 5.92. The quantitative estimate of drug-likeness (QED) is 0.629. The van der Waals surface area contributed by atoms with E-state index in [9.17, 15) is 0 Å². The number of H-pyrrole nitrogens is 1. The fraction of sp³-hybridized carbons (Fsp3) is 0.714. The highest BCUT2D eigenvalue weighted by molar-refractivity contribution is 7.71. The fourth-order valence-corrected chi connectivity index (χ4v) is 2.69. The number of anilines is 1. The SMILES string of the molecule is CC(C)c1nc(=S)cc(NC2CCCCCC2)[nH]1. The molecule has 0 unspecified atom stereocenters. The summed E-state index contributed by atoms with van der Waals surface area (Å²) < 4.78 is 0.675. The average molecular weight is 265 g/mol. The van der Waals surface area contributed by atoms with Crippen LogP contribution in [0.15, 0.2) is 6.07 Å². The van der Waals surface area contributed by atoms with E-state index in [0.717, 1.165) is 11.6 Å².